The highest BCUT2D eigenvalue weighted by atomic mass is 16.3. The molecule has 1 aromatic heterocycles. The van der Waals surface area contributed by atoms with E-state index in [1.165, 1.54) is 6.33 Å². The fourth-order valence-electron chi connectivity index (χ4n) is 2.44. The van der Waals surface area contributed by atoms with Gasteiger partial charge in [-0.3, -0.25) is 5.32 Å². The molecule has 0 aliphatic heterocycles. The van der Waals surface area contributed by atoms with Crippen LogP contribution in [0.2, 0.25) is 0 Å². The average Bonchev–Trinajstić information content (AvgIpc) is 2.54. The molecule has 0 saturated heterocycles. The van der Waals surface area contributed by atoms with E-state index >= 15 is 0 Å². The number of rotatable bonds is 5. The van der Waals surface area contributed by atoms with E-state index in [-0.39, 0.29) is 12.6 Å². The first kappa shape index (κ1) is 17.7. The van der Waals surface area contributed by atoms with Crippen molar-refractivity contribution in [2.24, 2.45) is 0 Å². The van der Waals surface area contributed by atoms with Crippen molar-refractivity contribution in [2.75, 3.05) is 24.3 Å². The van der Waals surface area contributed by atoms with Gasteiger partial charge in [0.2, 0.25) is 0 Å². The maximum atomic E-state index is 12.1. The van der Waals surface area contributed by atoms with Crippen LogP contribution < -0.4 is 15.5 Å². The molecule has 24 heavy (non-hydrogen) atoms. The van der Waals surface area contributed by atoms with Crippen LogP contribution in [0.5, 0.6) is 0 Å². The number of urea groups is 1. The minimum absolute atomic E-state index is 0.0117. The summed E-state index contributed by atoms with van der Waals surface area (Å²) in [6.07, 6.45) is 1.41. The molecule has 0 unspecified atom stereocenters. The lowest BCUT2D eigenvalue weighted by molar-refractivity contribution is 0.251. The van der Waals surface area contributed by atoms with E-state index in [0.29, 0.717) is 18.2 Å². The van der Waals surface area contributed by atoms with Crippen molar-refractivity contribution in [1.82, 2.24) is 15.3 Å². The summed E-state index contributed by atoms with van der Waals surface area (Å²) in [6, 6.07) is 5.22. The Kier molecular flexibility index (Phi) is 5.70. The largest absolute Gasteiger partial charge is 0.392 e. The van der Waals surface area contributed by atoms with Crippen molar-refractivity contribution in [3.63, 3.8) is 0 Å². The number of hydrogen-bond acceptors (Lipinski definition) is 5. The Balaban J connectivity index is 2.00. The van der Waals surface area contributed by atoms with Crippen LogP contribution in [0.4, 0.5) is 16.4 Å². The van der Waals surface area contributed by atoms with Gasteiger partial charge in [-0.15, -0.1) is 0 Å². The fourth-order valence-corrected chi connectivity index (χ4v) is 2.44. The highest BCUT2D eigenvalue weighted by molar-refractivity contribution is 5.88. The van der Waals surface area contributed by atoms with Gasteiger partial charge >= 0.3 is 6.03 Å². The van der Waals surface area contributed by atoms with Gasteiger partial charge in [0.25, 0.3) is 0 Å². The Bertz CT molecular complexity index is 708. The van der Waals surface area contributed by atoms with Crippen molar-refractivity contribution in [1.29, 1.82) is 0 Å². The summed E-state index contributed by atoms with van der Waals surface area (Å²) >= 11 is 0. The van der Waals surface area contributed by atoms with Gasteiger partial charge in [-0.2, -0.15) is 0 Å². The Morgan fingerprint density at radius 1 is 1.17 bits per heavy atom. The molecule has 0 saturated carbocycles. The fraction of sp³-hybridized carbons (Fsp3) is 0.353. The Morgan fingerprint density at radius 2 is 1.83 bits per heavy atom. The van der Waals surface area contributed by atoms with Crippen LogP contribution in [0.25, 0.3) is 0 Å². The molecule has 1 heterocycles. The molecule has 0 radical (unpaired) electrons. The van der Waals surface area contributed by atoms with Gasteiger partial charge in [0.15, 0.2) is 0 Å². The standard InChI is InChI=1S/C17H23N5O2/c1-11-5-13(9-23)6-12(2)14(11)8-18-17(24)21-15-7-16(22(3)4)20-10-19-15/h5-7,10,23H,8-9H2,1-4H3,(H2,18,19,20,21,24). The van der Waals surface area contributed by atoms with Crippen molar-refractivity contribution < 1.29 is 9.90 Å². The molecule has 128 valence electrons. The number of aryl methyl sites for hydroxylation is 2. The van der Waals surface area contributed by atoms with Crippen molar-refractivity contribution >= 4 is 17.7 Å². The van der Waals surface area contributed by atoms with E-state index in [1.54, 1.807) is 6.07 Å². The van der Waals surface area contributed by atoms with Gasteiger partial charge < -0.3 is 15.3 Å². The van der Waals surface area contributed by atoms with E-state index in [4.69, 9.17) is 0 Å². The van der Waals surface area contributed by atoms with Crippen molar-refractivity contribution in [2.45, 2.75) is 27.0 Å². The second-order valence-electron chi connectivity index (χ2n) is 5.83. The predicted molar refractivity (Wildman–Crippen MR) is 94.1 cm³/mol. The molecule has 0 fully saturated rings. The number of aliphatic hydroxyl groups is 1. The van der Waals surface area contributed by atoms with Gasteiger partial charge in [0, 0.05) is 26.7 Å². The summed E-state index contributed by atoms with van der Waals surface area (Å²) in [5.41, 5.74) is 3.99. The van der Waals surface area contributed by atoms with E-state index in [0.717, 1.165) is 22.3 Å². The number of carbonyl (C=O) groups excluding carboxylic acids is 1. The van der Waals surface area contributed by atoms with Crippen LogP contribution >= 0.6 is 0 Å². The number of aliphatic hydroxyl groups excluding tert-OH is 1. The van der Waals surface area contributed by atoms with Gasteiger partial charge in [-0.25, -0.2) is 14.8 Å². The maximum absolute atomic E-state index is 12.1. The zero-order chi connectivity index (χ0) is 17.7. The van der Waals surface area contributed by atoms with Crippen LogP contribution in [-0.4, -0.2) is 35.2 Å². The van der Waals surface area contributed by atoms with Crippen LogP contribution in [0.3, 0.4) is 0 Å². The molecule has 2 rings (SSSR count). The van der Waals surface area contributed by atoms with Crippen LogP contribution in [-0.2, 0) is 13.2 Å². The molecule has 3 N–H and O–H groups in total. The SMILES string of the molecule is Cc1cc(CO)cc(C)c1CNC(=O)Nc1cc(N(C)C)ncn1. The van der Waals surface area contributed by atoms with E-state index < -0.39 is 0 Å². The maximum Gasteiger partial charge on any atom is 0.320 e. The number of nitrogens with one attached hydrogen (secondary N) is 2. The van der Waals surface area contributed by atoms with Gasteiger partial charge in [-0.05, 0) is 36.1 Å². The molecule has 0 spiro atoms. The number of carbonyl (C=O) groups is 1. The lowest BCUT2D eigenvalue weighted by Crippen LogP contribution is -2.29. The average molecular weight is 329 g/mol. The van der Waals surface area contributed by atoms with Crippen LogP contribution in [0, 0.1) is 13.8 Å². The number of nitrogens with zero attached hydrogens (tertiary/aromatic N) is 3. The summed E-state index contributed by atoms with van der Waals surface area (Å²) in [7, 11) is 3.74. The molecule has 2 aromatic rings. The molecule has 7 heteroatoms. The predicted octanol–water partition coefficient (Wildman–Crippen LogP) is 1.97. The molecular formula is C17H23N5O2. The third kappa shape index (κ3) is 4.42. The third-order valence-corrected chi connectivity index (χ3v) is 3.72. The number of amides is 2. The Morgan fingerprint density at radius 3 is 2.42 bits per heavy atom. The van der Waals surface area contributed by atoms with Gasteiger partial charge in [0.05, 0.1) is 6.61 Å². The lowest BCUT2D eigenvalue weighted by Gasteiger charge is -2.14. The van der Waals surface area contributed by atoms with E-state index in [2.05, 4.69) is 20.6 Å². The van der Waals surface area contributed by atoms with E-state index in [1.807, 2.05) is 45.0 Å². The Hall–Kier alpha value is -2.67. The number of hydrogen-bond donors (Lipinski definition) is 3. The smallest absolute Gasteiger partial charge is 0.320 e. The second kappa shape index (κ2) is 7.74. The number of aromatic nitrogens is 2. The summed E-state index contributed by atoms with van der Waals surface area (Å²) in [5.74, 6) is 1.15. The van der Waals surface area contributed by atoms with Gasteiger partial charge in [-0.1, -0.05) is 12.1 Å². The molecule has 0 bridgehead atoms. The zero-order valence-corrected chi connectivity index (χ0v) is 14.4. The van der Waals surface area contributed by atoms with Crippen LogP contribution in [0.15, 0.2) is 24.5 Å². The van der Waals surface area contributed by atoms with Gasteiger partial charge in [0.1, 0.15) is 18.0 Å². The molecular weight excluding hydrogens is 306 g/mol. The molecule has 7 nitrogen and oxygen atoms in total. The molecule has 1 aromatic carbocycles. The van der Waals surface area contributed by atoms with Crippen molar-refractivity contribution in [3.05, 3.63) is 46.8 Å². The normalized spacial score (nSPS) is 10.4. The second-order valence-corrected chi connectivity index (χ2v) is 5.83. The summed E-state index contributed by atoms with van der Waals surface area (Å²) in [4.78, 5) is 22.0. The van der Waals surface area contributed by atoms with E-state index in [9.17, 15) is 9.90 Å². The highest BCUT2D eigenvalue weighted by Gasteiger charge is 2.09. The highest BCUT2D eigenvalue weighted by Crippen LogP contribution is 2.17. The molecule has 2 amide bonds. The first-order valence-electron chi connectivity index (χ1n) is 7.64. The first-order valence-corrected chi connectivity index (χ1v) is 7.64. The molecule has 0 atom stereocenters. The third-order valence-electron chi connectivity index (χ3n) is 3.72. The monoisotopic (exact) mass is 329 g/mol. The van der Waals surface area contributed by atoms with Crippen molar-refractivity contribution in [3.8, 4) is 0 Å². The minimum Gasteiger partial charge on any atom is -0.392 e. The molecule has 0 aliphatic carbocycles. The Labute approximate surface area is 141 Å². The molecule has 0 aliphatic rings. The summed E-state index contributed by atoms with van der Waals surface area (Å²) in [5, 5.41) is 14.8. The quantitative estimate of drug-likeness (QED) is 0.780. The topological polar surface area (TPSA) is 90.4 Å². The summed E-state index contributed by atoms with van der Waals surface area (Å²) in [6.45, 7) is 4.35. The first-order chi connectivity index (χ1) is 11.4. The van der Waals surface area contributed by atoms with Crippen LogP contribution in [0.1, 0.15) is 22.3 Å². The number of benzene rings is 1. The summed E-state index contributed by atoms with van der Waals surface area (Å²) < 4.78 is 0. The number of anilines is 2. The lowest BCUT2D eigenvalue weighted by atomic mass is 9.99. The minimum atomic E-state index is -0.330. The zero-order valence-electron chi connectivity index (χ0n) is 14.4.